The molecule has 1 heterocycles. The van der Waals surface area contributed by atoms with Crippen LogP contribution in [0.1, 0.15) is 49.2 Å². The van der Waals surface area contributed by atoms with Gasteiger partial charge in [-0.05, 0) is 37.3 Å². The highest BCUT2D eigenvalue weighted by atomic mass is 16.3. The number of fused-ring (bicyclic) bond motifs is 1. The summed E-state index contributed by atoms with van der Waals surface area (Å²) in [5, 5.41) is 9.90. The van der Waals surface area contributed by atoms with Gasteiger partial charge in [-0.2, -0.15) is 0 Å². The Morgan fingerprint density at radius 3 is 3.07 bits per heavy atom. The average molecular weight is 191 g/mol. The third-order valence-electron chi connectivity index (χ3n) is 2.92. The molecule has 0 fully saturated rings. The third kappa shape index (κ3) is 1.80. The predicted octanol–water partition coefficient (Wildman–Crippen LogP) is 2.40. The van der Waals surface area contributed by atoms with E-state index in [1.165, 1.54) is 12.0 Å². The Kier molecular flexibility index (Phi) is 2.82. The van der Waals surface area contributed by atoms with Crippen LogP contribution in [-0.2, 0) is 12.8 Å². The first-order chi connectivity index (χ1) is 6.81. The standard InChI is InChI=1S/C12H17NO/c1-2-10-8-7-9-5-3-4-6-11(14)12(9)13-10/h7-8,11,14H,2-6H2,1H3. The number of hydrogen-bond acceptors (Lipinski definition) is 2. The number of aliphatic hydroxyl groups is 1. The molecule has 0 radical (unpaired) electrons. The summed E-state index contributed by atoms with van der Waals surface area (Å²) in [6.45, 7) is 2.10. The monoisotopic (exact) mass is 191 g/mol. The minimum atomic E-state index is -0.334. The van der Waals surface area contributed by atoms with Crippen molar-refractivity contribution in [3.05, 3.63) is 29.1 Å². The number of nitrogens with zero attached hydrogens (tertiary/aromatic N) is 1. The molecule has 14 heavy (non-hydrogen) atoms. The van der Waals surface area contributed by atoms with Crippen LogP contribution in [0, 0.1) is 0 Å². The lowest BCUT2D eigenvalue weighted by Crippen LogP contribution is -2.04. The Labute approximate surface area is 85.0 Å². The van der Waals surface area contributed by atoms with Gasteiger partial charge < -0.3 is 5.11 Å². The zero-order chi connectivity index (χ0) is 9.97. The van der Waals surface area contributed by atoms with Crippen LogP contribution in [0.15, 0.2) is 12.1 Å². The predicted molar refractivity (Wildman–Crippen MR) is 56.1 cm³/mol. The van der Waals surface area contributed by atoms with Crippen molar-refractivity contribution in [3.63, 3.8) is 0 Å². The van der Waals surface area contributed by atoms with E-state index >= 15 is 0 Å². The summed E-state index contributed by atoms with van der Waals surface area (Å²) in [6.07, 6.45) is 4.84. The molecule has 0 aromatic carbocycles. The van der Waals surface area contributed by atoms with E-state index in [2.05, 4.69) is 24.0 Å². The minimum Gasteiger partial charge on any atom is -0.387 e. The van der Waals surface area contributed by atoms with Crippen molar-refractivity contribution in [1.82, 2.24) is 4.98 Å². The van der Waals surface area contributed by atoms with Crippen LogP contribution in [0.25, 0.3) is 0 Å². The van der Waals surface area contributed by atoms with Gasteiger partial charge in [-0.25, -0.2) is 0 Å². The van der Waals surface area contributed by atoms with Gasteiger partial charge in [0, 0.05) is 5.69 Å². The molecule has 0 bridgehead atoms. The van der Waals surface area contributed by atoms with Crippen LogP contribution in [0.5, 0.6) is 0 Å². The van der Waals surface area contributed by atoms with Crippen molar-refractivity contribution in [1.29, 1.82) is 0 Å². The zero-order valence-corrected chi connectivity index (χ0v) is 8.66. The van der Waals surface area contributed by atoms with Crippen molar-refractivity contribution in [2.24, 2.45) is 0 Å². The molecule has 0 spiro atoms. The second kappa shape index (κ2) is 4.09. The first-order valence-electron chi connectivity index (χ1n) is 5.48. The smallest absolute Gasteiger partial charge is 0.0962 e. The van der Waals surface area contributed by atoms with Crippen LogP contribution in [-0.4, -0.2) is 10.1 Å². The maximum Gasteiger partial charge on any atom is 0.0962 e. The Balaban J connectivity index is 2.39. The number of aliphatic hydroxyl groups excluding tert-OH is 1. The first-order valence-corrected chi connectivity index (χ1v) is 5.48. The maximum atomic E-state index is 9.90. The van der Waals surface area contributed by atoms with Gasteiger partial charge in [-0.1, -0.05) is 19.4 Å². The Morgan fingerprint density at radius 2 is 2.29 bits per heavy atom. The molecule has 2 rings (SSSR count). The van der Waals surface area contributed by atoms with Crippen LogP contribution in [0.2, 0.25) is 0 Å². The van der Waals surface area contributed by atoms with Gasteiger partial charge >= 0.3 is 0 Å². The Morgan fingerprint density at radius 1 is 1.43 bits per heavy atom. The van der Waals surface area contributed by atoms with Gasteiger partial charge in [0.05, 0.1) is 11.8 Å². The first kappa shape index (κ1) is 9.66. The van der Waals surface area contributed by atoms with Gasteiger partial charge in [0.1, 0.15) is 0 Å². The summed E-state index contributed by atoms with van der Waals surface area (Å²) < 4.78 is 0. The normalized spacial score (nSPS) is 21.4. The largest absolute Gasteiger partial charge is 0.387 e. The molecule has 1 aromatic rings. The number of hydrogen-bond donors (Lipinski definition) is 1. The van der Waals surface area contributed by atoms with Crippen LogP contribution < -0.4 is 0 Å². The molecule has 76 valence electrons. The van der Waals surface area contributed by atoms with E-state index in [1.807, 2.05) is 0 Å². The Bertz CT molecular complexity index is 322. The van der Waals surface area contributed by atoms with Crippen molar-refractivity contribution < 1.29 is 5.11 Å². The summed E-state index contributed by atoms with van der Waals surface area (Å²) in [4.78, 5) is 4.52. The highest BCUT2D eigenvalue weighted by Crippen LogP contribution is 2.27. The van der Waals surface area contributed by atoms with Gasteiger partial charge in [0.15, 0.2) is 0 Å². The Hall–Kier alpha value is -0.890. The van der Waals surface area contributed by atoms with Crippen LogP contribution >= 0.6 is 0 Å². The number of pyridine rings is 1. The number of rotatable bonds is 1. The summed E-state index contributed by atoms with van der Waals surface area (Å²) in [5.74, 6) is 0. The average Bonchev–Trinajstić information content (AvgIpc) is 2.40. The molecule has 1 N–H and O–H groups in total. The molecule has 1 atom stereocenters. The third-order valence-corrected chi connectivity index (χ3v) is 2.92. The number of aromatic nitrogens is 1. The van der Waals surface area contributed by atoms with E-state index in [9.17, 15) is 5.11 Å². The van der Waals surface area contributed by atoms with Crippen LogP contribution in [0.4, 0.5) is 0 Å². The molecule has 1 aromatic heterocycles. The van der Waals surface area contributed by atoms with E-state index in [4.69, 9.17) is 0 Å². The van der Waals surface area contributed by atoms with Crippen molar-refractivity contribution in [2.45, 2.75) is 45.1 Å². The molecule has 0 aliphatic heterocycles. The second-order valence-corrected chi connectivity index (χ2v) is 3.96. The molecule has 2 heteroatoms. The van der Waals surface area contributed by atoms with Crippen molar-refractivity contribution in [3.8, 4) is 0 Å². The maximum absolute atomic E-state index is 9.90. The van der Waals surface area contributed by atoms with E-state index in [-0.39, 0.29) is 6.10 Å². The molecular formula is C12H17NO. The van der Waals surface area contributed by atoms with Crippen LogP contribution in [0.3, 0.4) is 0 Å². The lowest BCUT2D eigenvalue weighted by Gasteiger charge is -2.11. The molecule has 0 amide bonds. The summed E-state index contributed by atoms with van der Waals surface area (Å²) in [7, 11) is 0. The molecule has 2 nitrogen and oxygen atoms in total. The molecule has 1 unspecified atom stereocenters. The van der Waals surface area contributed by atoms with E-state index < -0.39 is 0 Å². The lowest BCUT2D eigenvalue weighted by atomic mass is 10.1. The second-order valence-electron chi connectivity index (χ2n) is 3.96. The van der Waals surface area contributed by atoms with E-state index in [0.29, 0.717) is 0 Å². The van der Waals surface area contributed by atoms with Gasteiger partial charge in [0.2, 0.25) is 0 Å². The van der Waals surface area contributed by atoms with E-state index in [0.717, 1.165) is 37.1 Å². The van der Waals surface area contributed by atoms with Gasteiger partial charge in [0.25, 0.3) is 0 Å². The fraction of sp³-hybridized carbons (Fsp3) is 0.583. The zero-order valence-electron chi connectivity index (χ0n) is 8.66. The molecule has 0 saturated carbocycles. The van der Waals surface area contributed by atoms with Gasteiger partial charge in [-0.3, -0.25) is 4.98 Å². The van der Waals surface area contributed by atoms with Crippen molar-refractivity contribution >= 4 is 0 Å². The van der Waals surface area contributed by atoms with Crippen molar-refractivity contribution in [2.75, 3.05) is 0 Å². The highest BCUT2D eigenvalue weighted by molar-refractivity contribution is 5.26. The fourth-order valence-electron chi connectivity index (χ4n) is 2.03. The quantitative estimate of drug-likeness (QED) is 0.691. The molecule has 1 aliphatic rings. The fourth-order valence-corrected chi connectivity index (χ4v) is 2.03. The number of aryl methyl sites for hydroxylation is 2. The lowest BCUT2D eigenvalue weighted by molar-refractivity contribution is 0.162. The topological polar surface area (TPSA) is 33.1 Å². The summed E-state index contributed by atoms with van der Waals surface area (Å²) >= 11 is 0. The SMILES string of the molecule is CCc1ccc2c(n1)C(O)CCCC2. The van der Waals surface area contributed by atoms with E-state index in [1.54, 1.807) is 0 Å². The summed E-state index contributed by atoms with van der Waals surface area (Å²) in [5.41, 5.74) is 3.26. The molecular weight excluding hydrogens is 174 g/mol. The van der Waals surface area contributed by atoms with Gasteiger partial charge in [-0.15, -0.1) is 0 Å². The molecule has 1 aliphatic carbocycles. The summed E-state index contributed by atoms with van der Waals surface area (Å²) in [6, 6.07) is 4.21. The minimum absolute atomic E-state index is 0.334. The molecule has 0 saturated heterocycles. The highest BCUT2D eigenvalue weighted by Gasteiger charge is 2.17.